The van der Waals surface area contributed by atoms with Crippen LogP contribution in [-0.4, -0.2) is 37.8 Å². The second-order valence-electron chi connectivity index (χ2n) is 5.83. The average molecular weight is 328 g/mol. The summed E-state index contributed by atoms with van der Waals surface area (Å²) in [6, 6.07) is 5.97. The quantitative estimate of drug-likeness (QED) is 0.506. The molecule has 1 amide bonds. The topological polar surface area (TPSA) is 77.8 Å². The van der Waals surface area contributed by atoms with E-state index in [9.17, 15) is 4.79 Å². The molecule has 128 valence electrons. The highest BCUT2D eigenvalue weighted by molar-refractivity contribution is 5.96. The number of aliphatic imine (C=N–C) groups is 1. The van der Waals surface area contributed by atoms with E-state index in [1.807, 2.05) is 37.1 Å². The molecule has 1 atom stereocenters. The number of carbonyl (C=O) groups is 1. The molecule has 1 heterocycles. The minimum absolute atomic E-state index is 0.0226. The molecule has 2 rings (SSSR count). The van der Waals surface area contributed by atoms with E-state index in [-0.39, 0.29) is 17.8 Å². The average Bonchev–Trinajstić information content (AvgIpc) is 2.55. The van der Waals surface area contributed by atoms with Crippen LogP contribution >= 0.6 is 0 Å². The Bertz CT molecular complexity index is 694. The molecule has 0 saturated carbocycles. The molecule has 0 bridgehead atoms. The first-order chi connectivity index (χ1) is 11.4. The number of amides is 1. The third-order valence-corrected chi connectivity index (χ3v) is 3.69. The van der Waals surface area contributed by atoms with Crippen molar-refractivity contribution in [3.8, 4) is 0 Å². The molecule has 6 nitrogen and oxygen atoms in total. The number of amidine groups is 1. The number of ether oxygens (including phenoxy) is 1. The maximum Gasteiger partial charge on any atom is 0.286 e. The summed E-state index contributed by atoms with van der Waals surface area (Å²) in [5.74, 6) is 0.426. The van der Waals surface area contributed by atoms with Crippen molar-refractivity contribution in [1.82, 2.24) is 5.32 Å². The second-order valence-corrected chi connectivity index (χ2v) is 5.83. The van der Waals surface area contributed by atoms with Crippen LogP contribution in [0.15, 0.2) is 29.0 Å². The summed E-state index contributed by atoms with van der Waals surface area (Å²) in [4.78, 5) is 17.8. The van der Waals surface area contributed by atoms with Gasteiger partial charge in [-0.15, -0.1) is 0 Å². The van der Waals surface area contributed by atoms with E-state index in [2.05, 4.69) is 17.2 Å². The third kappa shape index (κ3) is 4.44. The van der Waals surface area contributed by atoms with Crippen LogP contribution in [0.3, 0.4) is 0 Å². The molecule has 0 radical (unpaired) electrons. The number of nitrogens with one attached hydrogen (secondary N) is 2. The molecular formula is C18H24N4O2. The summed E-state index contributed by atoms with van der Waals surface area (Å²) in [6.45, 7) is 6.17. The van der Waals surface area contributed by atoms with Crippen LogP contribution < -0.4 is 10.2 Å². The number of morpholine rings is 1. The fourth-order valence-corrected chi connectivity index (χ4v) is 2.44. The number of carbonyl (C=O) groups excluding carboxylic acids is 1. The van der Waals surface area contributed by atoms with Crippen molar-refractivity contribution in [2.75, 3.05) is 18.5 Å². The van der Waals surface area contributed by atoms with E-state index in [0.29, 0.717) is 12.3 Å². The Hall–Kier alpha value is -2.63. The molecule has 1 saturated heterocycles. The molecule has 0 spiro atoms. The number of hydrogen-bond acceptors (Lipinski definition) is 3. The van der Waals surface area contributed by atoms with Crippen molar-refractivity contribution in [3.05, 3.63) is 35.1 Å². The molecular weight excluding hydrogens is 304 g/mol. The van der Waals surface area contributed by atoms with Gasteiger partial charge in [0.25, 0.3) is 5.91 Å². The van der Waals surface area contributed by atoms with Gasteiger partial charge in [-0.1, -0.05) is 13.0 Å². The molecule has 0 aromatic heterocycles. The third-order valence-electron chi connectivity index (χ3n) is 3.69. The summed E-state index contributed by atoms with van der Waals surface area (Å²) in [5, 5.41) is 10.2. The molecule has 1 aliphatic heterocycles. The Labute approximate surface area is 142 Å². The summed E-state index contributed by atoms with van der Waals surface area (Å²) >= 11 is 0. The van der Waals surface area contributed by atoms with Crippen molar-refractivity contribution >= 4 is 29.8 Å². The van der Waals surface area contributed by atoms with Gasteiger partial charge in [0.2, 0.25) is 0 Å². The van der Waals surface area contributed by atoms with Gasteiger partial charge >= 0.3 is 0 Å². The Morgan fingerprint density at radius 2 is 2.29 bits per heavy atom. The standard InChI is InChI=1S/C18H24N4O2/c1-5-15-8-14(9-17-18(23)20-10-12(2)24-17)6-7-16(15)22(4)11-21-13(3)19/h6-9,11-12,19H,5,10H2,1-4H3,(H,20,23)/b17-9-,19-13?,21-11?/t12-/m0/s1. The van der Waals surface area contributed by atoms with Gasteiger partial charge in [-0.25, -0.2) is 4.99 Å². The van der Waals surface area contributed by atoms with Gasteiger partial charge in [-0.2, -0.15) is 0 Å². The summed E-state index contributed by atoms with van der Waals surface area (Å²) in [7, 11) is 1.90. The van der Waals surface area contributed by atoms with Gasteiger partial charge in [0.1, 0.15) is 11.9 Å². The lowest BCUT2D eigenvalue weighted by atomic mass is 10.0. The van der Waals surface area contributed by atoms with Crippen LogP contribution in [0.4, 0.5) is 5.69 Å². The van der Waals surface area contributed by atoms with Crippen LogP contribution in [0.5, 0.6) is 0 Å². The zero-order valence-corrected chi connectivity index (χ0v) is 14.6. The first kappa shape index (κ1) is 17.7. The van der Waals surface area contributed by atoms with Crippen molar-refractivity contribution in [2.24, 2.45) is 4.99 Å². The predicted octanol–water partition coefficient (Wildman–Crippen LogP) is 2.59. The van der Waals surface area contributed by atoms with Crippen LogP contribution in [0.2, 0.25) is 0 Å². The molecule has 1 aliphatic rings. The smallest absolute Gasteiger partial charge is 0.286 e. The van der Waals surface area contributed by atoms with Gasteiger partial charge in [-0.05, 0) is 49.6 Å². The molecule has 0 unspecified atom stereocenters. The first-order valence-corrected chi connectivity index (χ1v) is 8.02. The van der Waals surface area contributed by atoms with Crippen LogP contribution in [0.1, 0.15) is 31.9 Å². The van der Waals surface area contributed by atoms with Crippen molar-refractivity contribution in [1.29, 1.82) is 5.41 Å². The van der Waals surface area contributed by atoms with Gasteiger partial charge < -0.3 is 15.0 Å². The van der Waals surface area contributed by atoms with E-state index < -0.39 is 0 Å². The highest BCUT2D eigenvalue weighted by Crippen LogP contribution is 2.23. The van der Waals surface area contributed by atoms with Crippen molar-refractivity contribution in [3.63, 3.8) is 0 Å². The van der Waals surface area contributed by atoms with Crippen molar-refractivity contribution in [2.45, 2.75) is 33.3 Å². The SMILES string of the molecule is CCc1cc(/C=C2\O[C@@H](C)CNC2=O)ccc1N(C)C=NC(C)=N. The van der Waals surface area contributed by atoms with Crippen LogP contribution in [0, 0.1) is 5.41 Å². The number of anilines is 1. The van der Waals surface area contributed by atoms with E-state index in [4.69, 9.17) is 10.1 Å². The fraction of sp³-hybridized carbons (Fsp3) is 0.389. The first-order valence-electron chi connectivity index (χ1n) is 8.02. The van der Waals surface area contributed by atoms with Gasteiger partial charge in [0.05, 0.1) is 12.9 Å². The van der Waals surface area contributed by atoms with Crippen LogP contribution in [-0.2, 0) is 16.0 Å². The zero-order chi connectivity index (χ0) is 17.7. The van der Waals surface area contributed by atoms with Gasteiger partial charge in [0, 0.05) is 12.7 Å². The summed E-state index contributed by atoms with van der Waals surface area (Å²) in [6.07, 6.45) is 4.22. The fourth-order valence-electron chi connectivity index (χ4n) is 2.44. The van der Waals surface area contributed by atoms with Crippen molar-refractivity contribution < 1.29 is 9.53 Å². The van der Waals surface area contributed by atoms with E-state index >= 15 is 0 Å². The maximum absolute atomic E-state index is 11.9. The van der Waals surface area contributed by atoms with E-state index in [0.717, 1.165) is 23.2 Å². The molecule has 1 fully saturated rings. The molecule has 1 aromatic carbocycles. The van der Waals surface area contributed by atoms with Gasteiger partial charge in [-0.3, -0.25) is 10.2 Å². The molecule has 0 aliphatic carbocycles. The van der Waals surface area contributed by atoms with E-state index in [1.165, 1.54) is 0 Å². The molecule has 1 aromatic rings. The highest BCUT2D eigenvalue weighted by atomic mass is 16.5. The lowest BCUT2D eigenvalue weighted by Crippen LogP contribution is -2.40. The monoisotopic (exact) mass is 328 g/mol. The molecule has 2 N–H and O–H groups in total. The maximum atomic E-state index is 11.9. The number of nitrogens with zero attached hydrogens (tertiary/aromatic N) is 2. The number of hydrogen-bond donors (Lipinski definition) is 2. The highest BCUT2D eigenvalue weighted by Gasteiger charge is 2.20. The summed E-state index contributed by atoms with van der Waals surface area (Å²) < 4.78 is 5.61. The zero-order valence-electron chi connectivity index (χ0n) is 14.6. The largest absolute Gasteiger partial charge is 0.483 e. The normalized spacial score (nSPS) is 19.2. The minimum Gasteiger partial charge on any atom is -0.483 e. The molecule has 24 heavy (non-hydrogen) atoms. The van der Waals surface area contributed by atoms with E-state index in [1.54, 1.807) is 19.3 Å². The van der Waals surface area contributed by atoms with Crippen LogP contribution in [0.25, 0.3) is 6.08 Å². The number of benzene rings is 1. The second kappa shape index (κ2) is 7.77. The Kier molecular flexibility index (Phi) is 5.73. The lowest BCUT2D eigenvalue weighted by Gasteiger charge is -2.23. The predicted molar refractivity (Wildman–Crippen MR) is 97.6 cm³/mol. The number of rotatable bonds is 4. The minimum atomic E-state index is -0.180. The van der Waals surface area contributed by atoms with Gasteiger partial charge in [0.15, 0.2) is 5.76 Å². The summed E-state index contributed by atoms with van der Waals surface area (Å²) in [5.41, 5.74) is 3.07. The molecule has 6 heteroatoms. The Morgan fingerprint density at radius 1 is 1.54 bits per heavy atom. The Balaban J connectivity index is 2.28. The number of aryl methyl sites for hydroxylation is 1. The Morgan fingerprint density at radius 3 is 2.96 bits per heavy atom. The lowest BCUT2D eigenvalue weighted by molar-refractivity contribution is -0.125.